The molecule has 10 rings (SSSR count). The average molecular weight is 869 g/mol. The first-order valence-corrected chi connectivity index (χ1v) is 24.9. The van der Waals surface area contributed by atoms with E-state index < -0.39 is 0 Å². The Labute approximate surface area is 366 Å². The first-order chi connectivity index (χ1) is 28.7. The van der Waals surface area contributed by atoms with Gasteiger partial charge in [0.05, 0.1) is 20.4 Å². The van der Waals surface area contributed by atoms with Gasteiger partial charge in [-0.2, -0.15) is 0 Å². The fraction of sp³-hybridized carbons (Fsp3) is 0.489. The highest BCUT2D eigenvalue weighted by molar-refractivity contribution is 7.23. The molecule has 0 radical (unpaired) electrons. The zero-order valence-electron chi connectivity index (χ0n) is 35.7. The van der Waals surface area contributed by atoms with Gasteiger partial charge in [-0.15, -0.1) is 45.3 Å². The number of thiophene rings is 2. The smallest absolute Gasteiger partial charge is 0.228 e. The molecule has 59 heavy (non-hydrogen) atoms. The number of nitrogens with one attached hydrogen (secondary N) is 2. The van der Waals surface area contributed by atoms with Crippen molar-refractivity contribution in [1.82, 2.24) is 19.8 Å². The first-order valence-electron chi connectivity index (χ1n) is 21.7. The third-order valence-corrected chi connectivity index (χ3v) is 16.1. The molecule has 314 valence electrons. The molecule has 2 aliphatic carbocycles. The van der Waals surface area contributed by atoms with Crippen LogP contribution in [0.5, 0.6) is 0 Å². The molecule has 12 heteroatoms. The summed E-state index contributed by atoms with van der Waals surface area (Å²) in [4.78, 5) is 41.5. The molecule has 6 aromatic rings. The maximum atomic E-state index is 12.9. The highest BCUT2D eigenvalue weighted by atomic mass is 32.1. The van der Waals surface area contributed by atoms with Crippen molar-refractivity contribution >= 4 is 88.1 Å². The Kier molecular flexibility index (Phi) is 14.7. The minimum Gasteiger partial charge on any atom is -0.320 e. The molecule has 0 atom stereocenters. The lowest BCUT2D eigenvalue weighted by Gasteiger charge is -2.30. The summed E-state index contributed by atoms with van der Waals surface area (Å²) in [5.74, 6) is 1.45. The normalized spacial score (nSPS) is 16.8. The number of aromatic nitrogens is 2. The molecular weight excluding hydrogens is 809 g/mol. The van der Waals surface area contributed by atoms with Gasteiger partial charge in [0.25, 0.3) is 0 Å². The van der Waals surface area contributed by atoms with Crippen molar-refractivity contribution in [2.75, 3.05) is 23.7 Å². The van der Waals surface area contributed by atoms with E-state index in [9.17, 15) is 9.59 Å². The van der Waals surface area contributed by atoms with Crippen molar-refractivity contribution in [2.45, 2.75) is 125 Å². The standard InChI is InChI=1S/C23H27N3OS2.C18H19N3OS2.C4H8.C2H6/c1-14(2)26-12-11-16-19(13-26)29-23(25-21(27)15-7-3-4-8-15)20(16)22-24-17-9-5-6-10-18(17)28-22;1-11(2)21-8-7-12-15(9-21)24-17(19-10-22)16(12)18-20-13-5-3-4-6-14(13)23-18;1-4-2-3-4;1-2/h5-6,9-10,14-15H,3-4,7-8,11-13H2,1-2H3,(H,25,27);3-6,10-11H,7-9H2,1-2H3,(H,19,22);4H,2-3H2,1H3;1-2H3. The molecule has 4 aliphatic rings. The Bertz CT molecular complexity index is 2280. The maximum Gasteiger partial charge on any atom is 0.228 e. The summed E-state index contributed by atoms with van der Waals surface area (Å²) in [7, 11) is 0. The molecule has 0 bridgehead atoms. The summed E-state index contributed by atoms with van der Waals surface area (Å²) in [5.41, 5.74) is 7.13. The Balaban J connectivity index is 0.000000159. The number of fused-ring (bicyclic) bond motifs is 4. The van der Waals surface area contributed by atoms with Crippen LogP contribution in [0.1, 0.15) is 108 Å². The van der Waals surface area contributed by atoms with E-state index in [-0.39, 0.29) is 11.8 Å². The summed E-state index contributed by atoms with van der Waals surface area (Å²) >= 11 is 6.90. The van der Waals surface area contributed by atoms with Crippen LogP contribution < -0.4 is 10.6 Å². The van der Waals surface area contributed by atoms with Crippen LogP contribution in [0.2, 0.25) is 0 Å². The number of rotatable bonds is 8. The summed E-state index contributed by atoms with van der Waals surface area (Å²) in [6.45, 7) is 19.3. The van der Waals surface area contributed by atoms with Gasteiger partial charge in [0, 0.05) is 65.1 Å². The lowest BCUT2D eigenvalue weighted by molar-refractivity contribution is -0.119. The topological polar surface area (TPSA) is 90.5 Å². The third kappa shape index (κ3) is 10.2. The molecule has 2 fully saturated rings. The third-order valence-electron chi connectivity index (χ3n) is 11.7. The van der Waals surface area contributed by atoms with Gasteiger partial charge < -0.3 is 10.6 Å². The van der Waals surface area contributed by atoms with E-state index in [1.54, 1.807) is 45.3 Å². The van der Waals surface area contributed by atoms with Gasteiger partial charge in [0.15, 0.2) is 0 Å². The van der Waals surface area contributed by atoms with Gasteiger partial charge in [0.2, 0.25) is 12.3 Å². The molecule has 0 unspecified atom stereocenters. The summed E-state index contributed by atoms with van der Waals surface area (Å²) in [5, 5.41) is 10.2. The Hall–Kier alpha value is -3.52. The van der Waals surface area contributed by atoms with Crippen molar-refractivity contribution in [3.8, 4) is 21.1 Å². The van der Waals surface area contributed by atoms with Gasteiger partial charge in [-0.1, -0.05) is 70.7 Å². The van der Waals surface area contributed by atoms with Crippen molar-refractivity contribution < 1.29 is 9.59 Å². The number of anilines is 2. The fourth-order valence-corrected chi connectivity index (χ4v) is 12.7. The number of carbonyl (C=O) groups excluding carboxylic acids is 2. The average Bonchev–Trinajstić information content (AvgIpc) is 3.80. The molecular formula is C47H60N6O2S4. The molecule has 2 aromatic carbocycles. The molecule has 6 heterocycles. The Morgan fingerprint density at radius 2 is 1.17 bits per heavy atom. The second kappa shape index (κ2) is 19.9. The summed E-state index contributed by atoms with van der Waals surface area (Å²) < 4.78 is 2.39. The molecule has 8 nitrogen and oxygen atoms in total. The zero-order valence-corrected chi connectivity index (χ0v) is 39.0. The zero-order chi connectivity index (χ0) is 41.6. The van der Waals surface area contributed by atoms with Crippen molar-refractivity contribution in [3.63, 3.8) is 0 Å². The molecule has 2 saturated carbocycles. The molecule has 2 aliphatic heterocycles. The minimum absolute atomic E-state index is 0.171. The van der Waals surface area contributed by atoms with Gasteiger partial charge in [0.1, 0.15) is 20.0 Å². The number of thiazole rings is 2. The van der Waals surface area contributed by atoms with E-state index in [0.717, 1.165) is 101 Å². The van der Waals surface area contributed by atoms with Crippen LogP contribution in [0, 0.1) is 11.8 Å². The fourth-order valence-electron chi connectivity index (χ4n) is 7.95. The number of amides is 2. The SMILES string of the molecule is CC.CC(C)N1CCc2c(sc(NC(=O)C3CCCC3)c2-c2nc3ccccc3s2)C1.CC(C)N1CCc2c(sc(NC=O)c2-c2nc3ccccc3s2)C1.CC1CC1. The van der Waals surface area contributed by atoms with Crippen LogP contribution in [-0.2, 0) is 35.5 Å². The summed E-state index contributed by atoms with van der Waals surface area (Å²) in [6.07, 6.45) is 10.2. The number of hydrogen-bond acceptors (Lipinski definition) is 10. The van der Waals surface area contributed by atoms with Crippen molar-refractivity contribution in [3.05, 3.63) is 69.4 Å². The van der Waals surface area contributed by atoms with E-state index in [1.165, 1.54) is 61.5 Å². The van der Waals surface area contributed by atoms with Gasteiger partial charge in [-0.25, -0.2) is 9.97 Å². The number of hydrogen-bond donors (Lipinski definition) is 2. The lowest BCUT2D eigenvalue weighted by Crippen LogP contribution is -2.35. The van der Waals surface area contributed by atoms with E-state index in [2.05, 4.69) is 79.3 Å². The second-order valence-electron chi connectivity index (χ2n) is 16.4. The van der Waals surface area contributed by atoms with Crippen LogP contribution in [0.3, 0.4) is 0 Å². The van der Waals surface area contributed by atoms with Crippen molar-refractivity contribution in [1.29, 1.82) is 0 Å². The van der Waals surface area contributed by atoms with Crippen LogP contribution in [-0.4, -0.2) is 57.3 Å². The predicted molar refractivity (Wildman–Crippen MR) is 254 cm³/mol. The minimum atomic E-state index is 0.171. The highest BCUT2D eigenvalue weighted by Crippen LogP contribution is 2.47. The van der Waals surface area contributed by atoms with Crippen LogP contribution in [0.25, 0.3) is 41.6 Å². The van der Waals surface area contributed by atoms with Gasteiger partial charge in [-0.05, 0) is 94.7 Å². The van der Waals surface area contributed by atoms with E-state index >= 15 is 0 Å². The number of carbonyl (C=O) groups is 2. The first kappa shape index (κ1) is 43.6. The van der Waals surface area contributed by atoms with E-state index in [1.807, 2.05) is 38.1 Å². The van der Waals surface area contributed by atoms with E-state index in [4.69, 9.17) is 9.97 Å². The van der Waals surface area contributed by atoms with Crippen LogP contribution in [0.15, 0.2) is 48.5 Å². The Morgan fingerprint density at radius 1 is 0.712 bits per heavy atom. The van der Waals surface area contributed by atoms with Crippen molar-refractivity contribution in [2.24, 2.45) is 11.8 Å². The van der Waals surface area contributed by atoms with Crippen LogP contribution >= 0.6 is 45.3 Å². The second-order valence-corrected chi connectivity index (χ2v) is 20.7. The monoisotopic (exact) mass is 868 g/mol. The van der Waals surface area contributed by atoms with Gasteiger partial charge in [-0.3, -0.25) is 19.4 Å². The quantitative estimate of drug-likeness (QED) is 0.148. The molecule has 0 spiro atoms. The molecule has 2 amide bonds. The number of benzene rings is 2. The predicted octanol–water partition coefficient (Wildman–Crippen LogP) is 12.7. The van der Waals surface area contributed by atoms with Crippen LogP contribution in [0.4, 0.5) is 10.0 Å². The molecule has 2 N–H and O–H groups in total. The number of nitrogens with zero attached hydrogens (tertiary/aromatic N) is 4. The van der Waals surface area contributed by atoms with E-state index in [0.29, 0.717) is 12.1 Å². The molecule has 0 saturated heterocycles. The summed E-state index contributed by atoms with van der Waals surface area (Å²) in [6, 6.07) is 17.6. The highest BCUT2D eigenvalue weighted by Gasteiger charge is 2.31. The number of para-hydroxylation sites is 2. The molecule has 4 aromatic heterocycles. The largest absolute Gasteiger partial charge is 0.320 e. The Morgan fingerprint density at radius 3 is 1.61 bits per heavy atom. The van der Waals surface area contributed by atoms with Gasteiger partial charge >= 0.3 is 0 Å². The lowest BCUT2D eigenvalue weighted by atomic mass is 10.0. The maximum absolute atomic E-state index is 12.9.